The SMILES string of the molecule is CCNC(=O)c1ccc(C)c(NC(=O)CN2CCC(c3ccccc3)CC2)c1. The van der Waals surface area contributed by atoms with E-state index in [1.54, 1.807) is 12.1 Å². The van der Waals surface area contributed by atoms with Crippen molar-refractivity contribution in [2.24, 2.45) is 0 Å². The molecule has 1 fully saturated rings. The molecule has 0 aliphatic carbocycles. The van der Waals surface area contributed by atoms with Gasteiger partial charge in [0, 0.05) is 17.8 Å². The Morgan fingerprint density at radius 3 is 2.46 bits per heavy atom. The van der Waals surface area contributed by atoms with Gasteiger partial charge in [0.05, 0.1) is 6.54 Å². The molecule has 2 aromatic rings. The van der Waals surface area contributed by atoms with Gasteiger partial charge < -0.3 is 10.6 Å². The van der Waals surface area contributed by atoms with Crippen LogP contribution in [0.15, 0.2) is 48.5 Å². The van der Waals surface area contributed by atoms with E-state index in [1.807, 2.05) is 26.0 Å². The average molecular weight is 380 g/mol. The maximum absolute atomic E-state index is 12.5. The van der Waals surface area contributed by atoms with E-state index in [2.05, 4.69) is 39.8 Å². The summed E-state index contributed by atoms with van der Waals surface area (Å²) in [7, 11) is 0. The zero-order chi connectivity index (χ0) is 19.9. The minimum atomic E-state index is -0.124. The van der Waals surface area contributed by atoms with E-state index in [-0.39, 0.29) is 11.8 Å². The molecule has 0 aromatic heterocycles. The summed E-state index contributed by atoms with van der Waals surface area (Å²) in [6.45, 7) is 6.62. The number of carbonyl (C=O) groups excluding carboxylic acids is 2. The second kappa shape index (κ2) is 9.51. The number of aryl methyl sites for hydroxylation is 1. The fraction of sp³-hybridized carbons (Fsp3) is 0.391. The number of nitrogens with zero attached hydrogens (tertiary/aromatic N) is 1. The lowest BCUT2D eigenvalue weighted by atomic mass is 9.89. The molecule has 1 aliphatic rings. The summed E-state index contributed by atoms with van der Waals surface area (Å²) in [5.41, 5.74) is 3.60. The number of carbonyl (C=O) groups is 2. The minimum Gasteiger partial charge on any atom is -0.352 e. The molecule has 1 saturated heterocycles. The highest BCUT2D eigenvalue weighted by Crippen LogP contribution is 2.27. The highest BCUT2D eigenvalue weighted by Gasteiger charge is 2.22. The topological polar surface area (TPSA) is 61.4 Å². The molecule has 2 N–H and O–H groups in total. The molecule has 5 heteroatoms. The Labute approximate surface area is 167 Å². The van der Waals surface area contributed by atoms with Gasteiger partial charge in [-0.2, -0.15) is 0 Å². The number of piperidine rings is 1. The number of hydrogen-bond donors (Lipinski definition) is 2. The third-order valence-corrected chi connectivity index (χ3v) is 5.34. The smallest absolute Gasteiger partial charge is 0.251 e. The lowest BCUT2D eigenvalue weighted by molar-refractivity contribution is -0.117. The Morgan fingerprint density at radius 1 is 1.07 bits per heavy atom. The van der Waals surface area contributed by atoms with Crippen LogP contribution in [-0.4, -0.2) is 42.9 Å². The first-order valence-corrected chi connectivity index (χ1v) is 10.0. The van der Waals surface area contributed by atoms with Gasteiger partial charge in [0.2, 0.25) is 5.91 Å². The first kappa shape index (κ1) is 20.1. The molecule has 0 radical (unpaired) electrons. The molecule has 1 heterocycles. The van der Waals surface area contributed by atoms with E-state index in [1.165, 1.54) is 5.56 Å². The van der Waals surface area contributed by atoms with Crippen molar-refractivity contribution in [3.8, 4) is 0 Å². The minimum absolute atomic E-state index is 0.0330. The largest absolute Gasteiger partial charge is 0.352 e. The Balaban J connectivity index is 1.53. The third-order valence-electron chi connectivity index (χ3n) is 5.34. The summed E-state index contributed by atoms with van der Waals surface area (Å²) in [6, 6.07) is 16.0. The van der Waals surface area contributed by atoms with E-state index >= 15 is 0 Å². The molecule has 3 rings (SSSR count). The van der Waals surface area contributed by atoms with Crippen molar-refractivity contribution in [3.63, 3.8) is 0 Å². The van der Waals surface area contributed by atoms with Crippen molar-refractivity contribution < 1.29 is 9.59 Å². The normalized spacial score (nSPS) is 15.2. The van der Waals surface area contributed by atoms with Crippen LogP contribution in [0.1, 0.15) is 47.2 Å². The monoisotopic (exact) mass is 379 g/mol. The van der Waals surface area contributed by atoms with Crippen LogP contribution >= 0.6 is 0 Å². The van der Waals surface area contributed by atoms with Crippen LogP contribution in [0.2, 0.25) is 0 Å². The molecule has 0 spiro atoms. The van der Waals surface area contributed by atoms with Crippen LogP contribution in [0.4, 0.5) is 5.69 Å². The van der Waals surface area contributed by atoms with Gasteiger partial charge in [0.1, 0.15) is 0 Å². The van der Waals surface area contributed by atoms with Gasteiger partial charge in [-0.3, -0.25) is 14.5 Å². The zero-order valence-corrected chi connectivity index (χ0v) is 16.7. The number of likely N-dealkylation sites (tertiary alicyclic amines) is 1. The Bertz CT molecular complexity index is 812. The molecule has 2 amide bonds. The molecule has 0 bridgehead atoms. The fourth-order valence-corrected chi connectivity index (χ4v) is 3.70. The molecule has 0 unspecified atom stereocenters. The van der Waals surface area contributed by atoms with E-state index in [0.29, 0.717) is 30.3 Å². The Kier molecular flexibility index (Phi) is 6.82. The summed E-state index contributed by atoms with van der Waals surface area (Å²) in [5.74, 6) is 0.423. The van der Waals surface area contributed by atoms with Crippen molar-refractivity contribution in [1.82, 2.24) is 10.2 Å². The molecule has 0 atom stereocenters. The van der Waals surface area contributed by atoms with Crippen molar-refractivity contribution in [1.29, 1.82) is 0 Å². The quantitative estimate of drug-likeness (QED) is 0.807. The summed E-state index contributed by atoms with van der Waals surface area (Å²) in [6.07, 6.45) is 2.14. The summed E-state index contributed by atoms with van der Waals surface area (Å²) >= 11 is 0. The number of benzene rings is 2. The summed E-state index contributed by atoms with van der Waals surface area (Å²) in [5, 5.41) is 5.76. The molecular formula is C23H29N3O2. The van der Waals surface area contributed by atoms with Crippen molar-refractivity contribution in [3.05, 3.63) is 65.2 Å². The van der Waals surface area contributed by atoms with E-state index < -0.39 is 0 Å². The van der Waals surface area contributed by atoms with Gasteiger partial charge in [-0.25, -0.2) is 0 Å². The fourth-order valence-electron chi connectivity index (χ4n) is 3.70. The Morgan fingerprint density at radius 2 is 1.79 bits per heavy atom. The predicted octanol–water partition coefficient (Wildman–Crippen LogP) is 3.56. The van der Waals surface area contributed by atoms with Gasteiger partial charge in [-0.05, 0) is 69.0 Å². The van der Waals surface area contributed by atoms with E-state index in [4.69, 9.17) is 0 Å². The standard InChI is InChI=1S/C23H29N3O2/c1-3-24-23(28)20-10-9-17(2)21(15-20)25-22(27)16-26-13-11-19(12-14-26)18-7-5-4-6-8-18/h4-10,15,19H,3,11-14,16H2,1-2H3,(H,24,28)(H,25,27). The third kappa shape index (κ3) is 5.20. The van der Waals surface area contributed by atoms with Gasteiger partial charge in [-0.1, -0.05) is 36.4 Å². The summed E-state index contributed by atoms with van der Waals surface area (Å²) in [4.78, 5) is 26.8. The molecular weight excluding hydrogens is 350 g/mol. The number of rotatable bonds is 6. The first-order chi connectivity index (χ1) is 13.6. The van der Waals surface area contributed by atoms with E-state index in [9.17, 15) is 9.59 Å². The average Bonchev–Trinajstić information content (AvgIpc) is 2.71. The molecule has 1 aliphatic heterocycles. The number of hydrogen-bond acceptors (Lipinski definition) is 3. The molecule has 0 saturated carbocycles. The van der Waals surface area contributed by atoms with Gasteiger partial charge in [0.25, 0.3) is 5.91 Å². The lowest BCUT2D eigenvalue weighted by Crippen LogP contribution is -2.38. The number of nitrogens with one attached hydrogen (secondary N) is 2. The maximum atomic E-state index is 12.5. The first-order valence-electron chi connectivity index (χ1n) is 10.0. The predicted molar refractivity (Wildman–Crippen MR) is 113 cm³/mol. The molecule has 28 heavy (non-hydrogen) atoms. The highest BCUT2D eigenvalue weighted by molar-refractivity contribution is 5.98. The lowest BCUT2D eigenvalue weighted by Gasteiger charge is -2.31. The highest BCUT2D eigenvalue weighted by atomic mass is 16.2. The van der Waals surface area contributed by atoms with Crippen LogP contribution in [0.5, 0.6) is 0 Å². The van der Waals surface area contributed by atoms with Gasteiger partial charge >= 0.3 is 0 Å². The van der Waals surface area contributed by atoms with Gasteiger partial charge in [0.15, 0.2) is 0 Å². The van der Waals surface area contributed by atoms with Crippen molar-refractivity contribution in [2.45, 2.75) is 32.6 Å². The summed E-state index contributed by atoms with van der Waals surface area (Å²) < 4.78 is 0. The van der Waals surface area contributed by atoms with Crippen molar-refractivity contribution in [2.75, 3.05) is 31.5 Å². The van der Waals surface area contributed by atoms with E-state index in [0.717, 1.165) is 31.5 Å². The van der Waals surface area contributed by atoms with Crippen molar-refractivity contribution >= 4 is 17.5 Å². The van der Waals surface area contributed by atoms with Crippen LogP contribution in [-0.2, 0) is 4.79 Å². The van der Waals surface area contributed by atoms with Crippen LogP contribution in [0.25, 0.3) is 0 Å². The van der Waals surface area contributed by atoms with Crippen LogP contribution in [0.3, 0.4) is 0 Å². The van der Waals surface area contributed by atoms with Crippen LogP contribution in [0, 0.1) is 6.92 Å². The second-order valence-electron chi connectivity index (χ2n) is 7.40. The van der Waals surface area contributed by atoms with Gasteiger partial charge in [-0.15, -0.1) is 0 Å². The van der Waals surface area contributed by atoms with Crippen LogP contribution < -0.4 is 10.6 Å². The molecule has 5 nitrogen and oxygen atoms in total. The molecule has 148 valence electrons. The number of anilines is 1. The maximum Gasteiger partial charge on any atom is 0.251 e. The molecule has 2 aromatic carbocycles. The zero-order valence-electron chi connectivity index (χ0n) is 16.7. The second-order valence-corrected chi connectivity index (χ2v) is 7.40. The number of amides is 2. The Hall–Kier alpha value is -2.66.